The molecule has 4 atom stereocenters. The summed E-state index contributed by atoms with van der Waals surface area (Å²) in [6.07, 6.45) is 2.37. The number of rotatable bonds is 4. The Morgan fingerprint density at radius 3 is 1.34 bits per heavy atom. The van der Waals surface area contributed by atoms with Crippen molar-refractivity contribution < 1.29 is 38.0 Å². The van der Waals surface area contributed by atoms with E-state index < -0.39 is 12.2 Å². The molecule has 58 heavy (non-hydrogen) atoms. The number of fused-ring (bicyclic) bond motifs is 8. The number of carbonyl (C=O) groups excluding carboxylic acids is 2. The second kappa shape index (κ2) is 17.0. The molecule has 0 saturated carbocycles. The Morgan fingerprint density at radius 2 is 0.879 bits per heavy atom. The van der Waals surface area contributed by atoms with Gasteiger partial charge in [-0.05, 0) is 70.1 Å². The van der Waals surface area contributed by atoms with Gasteiger partial charge in [-0.1, -0.05) is 97.1 Å². The molecule has 6 aromatic carbocycles. The van der Waals surface area contributed by atoms with Crippen LogP contribution >= 0.6 is 0 Å². The first-order valence-electron chi connectivity index (χ1n) is 19.8. The summed E-state index contributed by atoms with van der Waals surface area (Å²) in [5.41, 5.74) is 1.72. The molecular weight excluding hydrogens is 733 g/mol. The van der Waals surface area contributed by atoms with Crippen molar-refractivity contribution in [1.29, 1.82) is 0 Å². The van der Waals surface area contributed by atoms with Gasteiger partial charge >= 0.3 is 0 Å². The molecule has 294 valence electrons. The fourth-order valence-electron chi connectivity index (χ4n) is 7.97. The standard InChI is InChI=1S/C48H44N2O8/c51-47-45(57-37-21-19-33-11-1-3-13-35(33)31-37)43-39-15-5-7-17-41(39)55-25-9-10-26-56-42-18-8-6-16-40(42)44-46(58-38-22-20-34-12-2-4-14-36(34)32-38)48(52)50(44)24-28-54-30-29-53-27-23-49(43)47/h1-22,31-32,43-46H,23-30H2/b10-9-/t43-,44?,45+,46?/m0/s1. The van der Waals surface area contributed by atoms with Crippen molar-refractivity contribution in [2.24, 2.45) is 0 Å². The summed E-state index contributed by atoms with van der Waals surface area (Å²) in [5.74, 6) is 2.36. The Hall–Kier alpha value is -6.36. The minimum Gasteiger partial charge on any atom is -0.489 e. The second-order valence-corrected chi connectivity index (χ2v) is 14.4. The second-order valence-electron chi connectivity index (χ2n) is 14.4. The maximum atomic E-state index is 13.7. The number of carbonyl (C=O) groups is 2. The molecule has 0 N–H and O–H groups in total. The predicted molar refractivity (Wildman–Crippen MR) is 220 cm³/mol. The van der Waals surface area contributed by atoms with Crippen LogP contribution in [0.4, 0.5) is 0 Å². The van der Waals surface area contributed by atoms with Crippen LogP contribution in [0, 0.1) is 0 Å². The Labute approximate surface area is 337 Å². The summed E-state index contributed by atoms with van der Waals surface area (Å²) in [6, 6.07) is 42.6. The summed E-state index contributed by atoms with van der Waals surface area (Å²) in [7, 11) is 0. The average molecular weight is 777 g/mol. The fraction of sp³-hybridized carbons (Fsp3) is 0.250. The van der Waals surface area contributed by atoms with Gasteiger partial charge < -0.3 is 38.2 Å². The molecule has 0 aromatic heterocycles. The summed E-state index contributed by atoms with van der Waals surface area (Å²) < 4.78 is 37.4. The molecule has 2 saturated heterocycles. The number of amides is 2. The molecule has 0 aliphatic carbocycles. The van der Waals surface area contributed by atoms with E-state index in [4.69, 9.17) is 28.4 Å². The Morgan fingerprint density at radius 1 is 0.466 bits per heavy atom. The molecule has 9 rings (SSSR count). The van der Waals surface area contributed by atoms with Crippen LogP contribution in [0.15, 0.2) is 146 Å². The molecule has 3 heterocycles. The lowest BCUT2D eigenvalue weighted by Crippen LogP contribution is -2.62. The lowest BCUT2D eigenvalue weighted by atomic mass is 9.89. The summed E-state index contributed by atoms with van der Waals surface area (Å²) in [5, 5.41) is 4.27. The largest absolute Gasteiger partial charge is 0.489 e. The zero-order valence-electron chi connectivity index (χ0n) is 32.0. The first-order chi connectivity index (χ1) is 28.6. The Balaban J connectivity index is 0.927. The van der Waals surface area contributed by atoms with Crippen molar-refractivity contribution in [3.05, 3.63) is 157 Å². The van der Waals surface area contributed by atoms with Gasteiger partial charge in [-0.3, -0.25) is 9.59 Å². The van der Waals surface area contributed by atoms with Crippen LogP contribution in [0.3, 0.4) is 0 Å². The van der Waals surface area contributed by atoms with Crippen molar-refractivity contribution >= 4 is 33.4 Å². The molecular formula is C48H44N2O8. The van der Waals surface area contributed by atoms with Crippen LogP contribution in [0.2, 0.25) is 0 Å². The van der Waals surface area contributed by atoms with Gasteiger partial charge in [-0.25, -0.2) is 0 Å². The molecule has 10 nitrogen and oxygen atoms in total. The van der Waals surface area contributed by atoms with Crippen LogP contribution < -0.4 is 18.9 Å². The first kappa shape index (κ1) is 37.2. The van der Waals surface area contributed by atoms with Crippen LogP contribution in [-0.2, 0) is 19.1 Å². The lowest BCUT2D eigenvalue weighted by Gasteiger charge is -2.47. The van der Waals surface area contributed by atoms with E-state index in [-0.39, 0.29) is 37.1 Å². The van der Waals surface area contributed by atoms with Gasteiger partial charge in [0.2, 0.25) is 12.2 Å². The Kier molecular flexibility index (Phi) is 10.9. The maximum absolute atomic E-state index is 13.7. The number of hydrogen-bond acceptors (Lipinski definition) is 8. The zero-order chi connectivity index (χ0) is 39.3. The topological polar surface area (TPSA) is 96.0 Å². The molecule has 2 fully saturated rings. The van der Waals surface area contributed by atoms with Gasteiger partial charge in [-0.2, -0.15) is 0 Å². The van der Waals surface area contributed by atoms with Gasteiger partial charge in [-0.15, -0.1) is 0 Å². The van der Waals surface area contributed by atoms with E-state index in [1.54, 1.807) is 9.80 Å². The molecule has 6 aromatic rings. The molecule has 0 bridgehead atoms. The molecule has 10 heteroatoms. The van der Waals surface area contributed by atoms with E-state index in [9.17, 15) is 9.59 Å². The van der Waals surface area contributed by atoms with E-state index in [1.807, 2.05) is 146 Å². The van der Waals surface area contributed by atoms with Gasteiger partial charge in [0.15, 0.2) is 0 Å². The summed E-state index contributed by atoms with van der Waals surface area (Å²) in [6.45, 7) is 2.61. The van der Waals surface area contributed by atoms with Gasteiger partial charge in [0.25, 0.3) is 11.8 Å². The van der Waals surface area contributed by atoms with Crippen molar-refractivity contribution in [3.63, 3.8) is 0 Å². The monoisotopic (exact) mass is 776 g/mol. The molecule has 3 aliphatic heterocycles. The highest BCUT2D eigenvalue weighted by Crippen LogP contribution is 2.43. The summed E-state index contributed by atoms with van der Waals surface area (Å²) >= 11 is 0. The van der Waals surface area contributed by atoms with Crippen molar-refractivity contribution in [2.45, 2.75) is 24.3 Å². The number of nitrogens with zero attached hydrogens (tertiary/aromatic N) is 2. The van der Waals surface area contributed by atoms with Crippen molar-refractivity contribution in [1.82, 2.24) is 9.80 Å². The minimum atomic E-state index is -0.727. The van der Waals surface area contributed by atoms with E-state index in [0.29, 0.717) is 62.5 Å². The maximum Gasteiger partial charge on any atom is 0.266 e. The van der Waals surface area contributed by atoms with Gasteiger partial charge in [0.05, 0.1) is 26.4 Å². The highest BCUT2D eigenvalue weighted by atomic mass is 16.5. The van der Waals surface area contributed by atoms with Crippen LogP contribution in [0.1, 0.15) is 23.2 Å². The van der Waals surface area contributed by atoms with E-state index >= 15 is 0 Å². The van der Waals surface area contributed by atoms with E-state index in [1.165, 1.54) is 0 Å². The summed E-state index contributed by atoms with van der Waals surface area (Å²) in [4.78, 5) is 31.0. The smallest absolute Gasteiger partial charge is 0.266 e. The quantitative estimate of drug-likeness (QED) is 0.133. The normalized spacial score (nSPS) is 22.2. The first-order valence-corrected chi connectivity index (χ1v) is 19.8. The molecule has 3 aliphatic rings. The van der Waals surface area contributed by atoms with Crippen molar-refractivity contribution in [2.75, 3.05) is 52.7 Å². The average Bonchev–Trinajstić information content (AvgIpc) is 3.26. The highest BCUT2D eigenvalue weighted by Gasteiger charge is 2.52. The highest BCUT2D eigenvalue weighted by molar-refractivity contribution is 5.91. The number of ether oxygens (including phenoxy) is 6. The number of β-lactam (4-membered cyclic amide) rings is 2. The van der Waals surface area contributed by atoms with Gasteiger partial charge in [0, 0.05) is 24.2 Å². The zero-order valence-corrected chi connectivity index (χ0v) is 32.0. The van der Waals surface area contributed by atoms with E-state index in [2.05, 4.69) is 0 Å². The minimum absolute atomic E-state index is 0.115. The van der Waals surface area contributed by atoms with Crippen molar-refractivity contribution in [3.8, 4) is 23.0 Å². The lowest BCUT2D eigenvalue weighted by molar-refractivity contribution is -0.166. The third-order valence-corrected chi connectivity index (χ3v) is 10.9. The fourth-order valence-corrected chi connectivity index (χ4v) is 7.97. The number of para-hydroxylation sites is 2. The third-order valence-electron chi connectivity index (χ3n) is 10.9. The number of benzene rings is 6. The van der Waals surface area contributed by atoms with Gasteiger partial charge in [0.1, 0.15) is 48.3 Å². The van der Waals surface area contributed by atoms with Crippen LogP contribution in [0.25, 0.3) is 21.5 Å². The molecule has 0 spiro atoms. The Bertz CT molecular complexity index is 2280. The van der Waals surface area contributed by atoms with E-state index in [0.717, 1.165) is 32.7 Å². The molecule has 2 amide bonds. The SMILES string of the molecule is O=C1C(Oc2ccc3ccccc3c2)C2c3ccccc3OC/C=C\COc3ccccc3[C@H]3[C@@H](Oc4ccc5ccccc5c4)C(=O)N3CCOCCOCCN12. The van der Waals surface area contributed by atoms with Crippen LogP contribution in [-0.4, -0.2) is 86.6 Å². The third kappa shape index (κ3) is 7.68. The predicted octanol–water partition coefficient (Wildman–Crippen LogP) is 7.72. The number of hydrogen-bond donors (Lipinski definition) is 0. The molecule has 2 unspecified atom stereocenters. The molecule has 0 radical (unpaired) electrons. The van der Waals surface area contributed by atoms with Crippen LogP contribution in [0.5, 0.6) is 23.0 Å².